The molecule has 0 aromatic carbocycles. The Kier molecular flexibility index (Phi) is 6.11. The van der Waals surface area contributed by atoms with E-state index < -0.39 is 22.3 Å². The summed E-state index contributed by atoms with van der Waals surface area (Å²) in [6.07, 6.45) is 0.829. The third-order valence-corrected chi connectivity index (χ3v) is 3.41. The van der Waals surface area contributed by atoms with Gasteiger partial charge in [-0.05, 0) is 30.4 Å². The smallest absolute Gasteiger partial charge is 0.296 e. The summed E-state index contributed by atoms with van der Waals surface area (Å²) in [5, 5.41) is 7.66. The largest absolute Gasteiger partial charge is 0.616 e. The Bertz CT molecular complexity index is 163. The summed E-state index contributed by atoms with van der Waals surface area (Å²) in [5.74, 6) is 0.405. The van der Waals surface area contributed by atoms with Gasteiger partial charge in [0.2, 0.25) is 0 Å². The molecule has 4 nitrogen and oxygen atoms in total. The van der Waals surface area contributed by atoms with Crippen LogP contribution in [0.3, 0.4) is 0 Å². The number of hydrogen-bond donors (Lipinski definition) is 2. The van der Waals surface area contributed by atoms with Crippen LogP contribution in [0.1, 0.15) is 27.2 Å². The molecule has 0 aliphatic carbocycles. The van der Waals surface area contributed by atoms with E-state index in [1.807, 2.05) is 13.8 Å². The fraction of sp³-hybridized carbons (Fsp3) is 0.875. The minimum Gasteiger partial charge on any atom is -0.616 e. The lowest BCUT2D eigenvalue weighted by Gasteiger charge is -2.17. The molecule has 0 aliphatic rings. The van der Waals surface area contributed by atoms with Crippen molar-refractivity contribution in [2.75, 3.05) is 5.75 Å². The molecule has 0 aromatic heterocycles. The van der Waals surface area contributed by atoms with Crippen molar-refractivity contribution in [2.45, 2.75) is 32.4 Å². The third-order valence-electron chi connectivity index (χ3n) is 1.77. The minimum absolute atomic E-state index is 0.480. The number of hydroxylamine groups is 1. The quantitative estimate of drug-likeness (QED) is 0.395. The number of nitrogens with one attached hydrogen (secondary N) is 1. The van der Waals surface area contributed by atoms with E-state index in [2.05, 4.69) is 0 Å². The Morgan fingerprint density at radius 2 is 2.08 bits per heavy atom. The van der Waals surface area contributed by atoms with E-state index in [0.717, 1.165) is 6.42 Å². The summed E-state index contributed by atoms with van der Waals surface area (Å²) in [4.78, 5) is 10.8. The Balaban J connectivity index is 3.82. The summed E-state index contributed by atoms with van der Waals surface area (Å²) in [6, 6.07) is 0. The molecule has 0 saturated heterocycles. The van der Waals surface area contributed by atoms with Crippen LogP contribution in [0.4, 0.5) is 0 Å². The fourth-order valence-electron chi connectivity index (χ4n) is 0.739. The van der Waals surface area contributed by atoms with Gasteiger partial charge in [-0.1, -0.05) is 13.8 Å². The van der Waals surface area contributed by atoms with Crippen LogP contribution < -0.4 is 5.48 Å². The summed E-state index contributed by atoms with van der Waals surface area (Å²) in [7, 11) is 0. The number of carbonyl (C=O) groups excluding carboxylic acids is 1. The minimum atomic E-state index is -1.19. The van der Waals surface area contributed by atoms with E-state index in [1.54, 1.807) is 6.92 Å². The van der Waals surface area contributed by atoms with Gasteiger partial charge in [-0.15, -0.1) is 0 Å². The van der Waals surface area contributed by atoms with Gasteiger partial charge in [0, 0.05) is 0 Å². The first-order chi connectivity index (χ1) is 5.99. The molecular formula is C8H17NO3S. The summed E-state index contributed by atoms with van der Waals surface area (Å²) in [5.41, 5.74) is 1.50. The Hall–Kier alpha value is -0.260. The van der Waals surface area contributed by atoms with Crippen LogP contribution in [0.15, 0.2) is 0 Å². The Labute approximate surface area is 81.8 Å². The van der Waals surface area contributed by atoms with Gasteiger partial charge < -0.3 is 4.55 Å². The van der Waals surface area contributed by atoms with Crippen molar-refractivity contribution in [1.82, 2.24) is 5.48 Å². The van der Waals surface area contributed by atoms with Crippen molar-refractivity contribution < 1.29 is 14.6 Å². The first-order valence-corrected chi connectivity index (χ1v) is 5.68. The molecule has 0 aliphatic heterocycles. The highest BCUT2D eigenvalue weighted by Crippen LogP contribution is 2.08. The van der Waals surface area contributed by atoms with Crippen LogP contribution in [0, 0.1) is 5.92 Å². The van der Waals surface area contributed by atoms with E-state index in [-0.39, 0.29) is 0 Å². The average Bonchev–Trinajstić information content (AvgIpc) is 2.11. The lowest BCUT2D eigenvalue weighted by atomic mass is 10.2. The zero-order chi connectivity index (χ0) is 10.4. The standard InChI is InChI=1S/C8H17NO3S/c1-6(2)4-5-13(12)7(3)8(10)9-11/h6-7,11H,4-5H2,1-3H3,(H,9,10). The SMILES string of the molecule is CC(C)CC[S+]([O-])C(C)C(=O)NO. The zero-order valence-electron chi connectivity index (χ0n) is 8.24. The van der Waals surface area contributed by atoms with Crippen molar-refractivity contribution >= 4 is 17.1 Å². The highest BCUT2D eigenvalue weighted by molar-refractivity contribution is 7.92. The van der Waals surface area contributed by atoms with Gasteiger partial charge in [-0.2, -0.15) is 0 Å². The maximum Gasteiger partial charge on any atom is 0.296 e. The number of hydrogen-bond acceptors (Lipinski definition) is 3. The molecule has 2 N–H and O–H groups in total. The van der Waals surface area contributed by atoms with Crippen molar-refractivity contribution in [3.63, 3.8) is 0 Å². The van der Waals surface area contributed by atoms with Gasteiger partial charge in [0.1, 0.15) is 5.75 Å². The molecule has 2 atom stereocenters. The van der Waals surface area contributed by atoms with E-state index in [9.17, 15) is 9.35 Å². The summed E-state index contributed by atoms with van der Waals surface area (Å²) >= 11 is -1.19. The molecule has 2 unspecified atom stereocenters. The van der Waals surface area contributed by atoms with Gasteiger partial charge in [0.05, 0.1) is 0 Å². The monoisotopic (exact) mass is 207 g/mol. The van der Waals surface area contributed by atoms with Crippen LogP contribution in [0.5, 0.6) is 0 Å². The summed E-state index contributed by atoms with van der Waals surface area (Å²) in [6.45, 7) is 5.62. The molecule has 0 radical (unpaired) electrons. The molecule has 0 heterocycles. The normalized spacial score (nSPS) is 15.5. The van der Waals surface area contributed by atoms with Crippen molar-refractivity contribution in [3.05, 3.63) is 0 Å². The van der Waals surface area contributed by atoms with Crippen LogP contribution in [-0.2, 0) is 16.0 Å². The maximum absolute atomic E-state index is 11.4. The number of rotatable bonds is 5. The first-order valence-electron chi connectivity index (χ1n) is 4.30. The highest BCUT2D eigenvalue weighted by atomic mass is 32.2. The molecule has 13 heavy (non-hydrogen) atoms. The van der Waals surface area contributed by atoms with Gasteiger partial charge in [0.25, 0.3) is 5.91 Å². The Morgan fingerprint density at radius 1 is 1.54 bits per heavy atom. The average molecular weight is 207 g/mol. The molecule has 0 bridgehead atoms. The second kappa shape index (κ2) is 6.23. The highest BCUT2D eigenvalue weighted by Gasteiger charge is 2.24. The van der Waals surface area contributed by atoms with Crippen LogP contribution in [-0.4, -0.2) is 26.7 Å². The van der Waals surface area contributed by atoms with Crippen molar-refractivity contribution in [2.24, 2.45) is 5.92 Å². The second-order valence-corrected chi connectivity index (χ2v) is 5.26. The molecule has 78 valence electrons. The topological polar surface area (TPSA) is 72.4 Å². The van der Waals surface area contributed by atoms with Gasteiger partial charge in [-0.25, -0.2) is 5.48 Å². The molecule has 0 aromatic rings. The lowest BCUT2D eigenvalue weighted by molar-refractivity contribution is -0.128. The van der Waals surface area contributed by atoms with Crippen molar-refractivity contribution in [1.29, 1.82) is 0 Å². The second-order valence-electron chi connectivity index (χ2n) is 3.39. The fourth-order valence-corrected chi connectivity index (χ4v) is 2.09. The molecule has 0 fully saturated rings. The predicted molar refractivity (Wildman–Crippen MR) is 51.9 cm³/mol. The molecule has 1 amide bonds. The van der Waals surface area contributed by atoms with Crippen LogP contribution >= 0.6 is 0 Å². The molecular weight excluding hydrogens is 190 g/mol. The van der Waals surface area contributed by atoms with Gasteiger partial charge >= 0.3 is 0 Å². The van der Waals surface area contributed by atoms with E-state index in [4.69, 9.17) is 5.21 Å². The first kappa shape index (κ1) is 12.7. The zero-order valence-corrected chi connectivity index (χ0v) is 9.06. The molecule has 0 spiro atoms. The maximum atomic E-state index is 11.4. The predicted octanol–water partition coefficient (Wildman–Crippen LogP) is 0.675. The molecule has 0 rings (SSSR count). The Morgan fingerprint density at radius 3 is 2.46 bits per heavy atom. The number of amides is 1. The van der Waals surface area contributed by atoms with E-state index >= 15 is 0 Å². The van der Waals surface area contributed by atoms with Crippen LogP contribution in [0.2, 0.25) is 0 Å². The van der Waals surface area contributed by atoms with Gasteiger partial charge in [0.15, 0.2) is 5.25 Å². The summed E-state index contributed by atoms with van der Waals surface area (Å²) < 4.78 is 11.4. The molecule has 5 heteroatoms. The third kappa shape index (κ3) is 5.13. The lowest BCUT2D eigenvalue weighted by Crippen LogP contribution is -2.37. The number of carbonyl (C=O) groups is 1. The van der Waals surface area contributed by atoms with E-state index in [0.29, 0.717) is 11.7 Å². The van der Waals surface area contributed by atoms with E-state index in [1.165, 1.54) is 5.48 Å². The van der Waals surface area contributed by atoms with Crippen molar-refractivity contribution in [3.8, 4) is 0 Å². The van der Waals surface area contributed by atoms with Crippen LogP contribution in [0.25, 0.3) is 0 Å². The van der Waals surface area contributed by atoms with Gasteiger partial charge in [-0.3, -0.25) is 10.0 Å². The molecule has 0 saturated carbocycles.